The van der Waals surface area contributed by atoms with Gasteiger partial charge in [-0.1, -0.05) is 18.2 Å². The Balaban J connectivity index is 2.05. The molecule has 0 saturated carbocycles. The zero-order valence-corrected chi connectivity index (χ0v) is 9.10. The Morgan fingerprint density at radius 3 is 2.82 bits per heavy atom. The van der Waals surface area contributed by atoms with Crippen molar-refractivity contribution in [3.05, 3.63) is 53.7 Å². The molecule has 0 saturated heterocycles. The second-order valence-electron chi connectivity index (χ2n) is 3.46. The fourth-order valence-corrected chi connectivity index (χ4v) is 1.40. The Morgan fingerprint density at radius 1 is 1.24 bits per heavy atom. The Morgan fingerprint density at radius 2 is 2.06 bits per heavy atom. The van der Waals surface area contributed by atoms with Gasteiger partial charge in [0, 0.05) is 18.3 Å². The maximum absolute atomic E-state index is 13.3. The number of hydrogen-bond donors (Lipinski definition) is 2. The first-order valence-electron chi connectivity index (χ1n) is 5.19. The van der Waals surface area contributed by atoms with Crippen LogP contribution in [0.3, 0.4) is 0 Å². The number of nitrogens with one attached hydrogen (secondary N) is 1. The first kappa shape index (κ1) is 11.5. The van der Waals surface area contributed by atoms with Gasteiger partial charge in [0.15, 0.2) is 5.82 Å². The molecule has 0 aliphatic heterocycles. The fourth-order valence-electron chi connectivity index (χ4n) is 1.40. The largest absolute Gasteiger partial charge is 0.388 e. The standard InChI is InChI=1S/C12H12FN3O/c13-10-4-2-1-3-9(10)7-15-11-5-6-14-12(8-17)16-11/h1-6,17H,7-8H2,(H,14,15,16). The predicted molar refractivity (Wildman–Crippen MR) is 61.7 cm³/mol. The lowest BCUT2D eigenvalue weighted by molar-refractivity contribution is 0.271. The molecule has 88 valence electrons. The van der Waals surface area contributed by atoms with E-state index in [1.807, 2.05) is 0 Å². The van der Waals surface area contributed by atoms with E-state index >= 15 is 0 Å². The number of aliphatic hydroxyl groups excluding tert-OH is 1. The molecule has 5 heteroatoms. The minimum Gasteiger partial charge on any atom is -0.388 e. The molecule has 17 heavy (non-hydrogen) atoms. The number of nitrogens with zero attached hydrogens (tertiary/aromatic N) is 2. The van der Waals surface area contributed by atoms with Gasteiger partial charge in [0.05, 0.1) is 0 Å². The van der Waals surface area contributed by atoms with Crippen LogP contribution in [0.2, 0.25) is 0 Å². The molecule has 0 atom stereocenters. The van der Waals surface area contributed by atoms with E-state index in [0.717, 1.165) is 0 Å². The van der Waals surface area contributed by atoms with Gasteiger partial charge >= 0.3 is 0 Å². The molecule has 1 aromatic carbocycles. The summed E-state index contributed by atoms with van der Waals surface area (Å²) in [6.45, 7) is 0.129. The van der Waals surface area contributed by atoms with E-state index in [0.29, 0.717) is 23.8 Å². The molecule has 0 bridgehead atoms. The van der Waals surface area contributed by atoms with Crippen molar-refractivity contribution in [2.75, 3.05) is 5.32 Å². The molecular weight excluding hydrogens is 221 g/mol. The predicted octanol–water partition coefficient (Wildman–Crippen LogP) is 1.72. The molecule has 1 aromatic heterocycles. The van der Waals surface area contributed by atoms with Crippen molar-refractivity contribution in [3.8, 4) is 0 Å². The lowest BCUT2D eigenvalue weighted by Gasteiger charge is -2.06. The quantitative estimate of drug-likeness (QED) is 0.844. The van der Waals surface area contributed by atoms with Crippen LogP contribution in [0.25, 0.3) is 0 Å². The second-order valence-corrected chi connectivity index (χ2v) is 3.46. The topological polar surface area (TPSA) is 58.0 Å². The number of benzene rings is 1. The average Bonchev–Trinajstić information content (AvgIpc) is 2.38. The third kappa shape index (κ3) is 2.98. The third-order valence-electron chi connectivity index (χ3n) is 2.26. The van der Waals surface area contributed by atoms with Crippen LogP contribution in [0.15, 0.2) is 36.5 Å². The van der Waals surface area contributed by atoms with Crippen LogP contribution in [-0.2, 0) is 13.2 Å². The van der Waals surface area contributed by atoms with Crippen LogP contribution < -0.4 is 5.32 Å². The van der Waals surface area contributed by atoms with Crippen LogP contribution in [0.4, 0.5) is 10.2 Å². The molecule has 0 amide bonds. The van der Waals surface area contributed by atoms with E-state index < -0.39 is 0 Å². The highest BCUT2D eigenvalue weighted by atomic mass is 19.1. The summed E-state index contributed by atoms with van der Waals surface area (Å²) in [5.41, 5.74) is 0.566. The average molecular weight is 233 g/mol. The summed E-state index contributed by atoms with van der Waals surface area (Å²) >= 11 is 0. The highest BCUT2D eigenvalue weighted by Crippen LogP contribution is 2.09. The smallest absolute Gasteiger partial charge is 0.156 e. The number of hydrogen-bond acceptors (Lipinski definition) is 4. The molecule has 0 radical (unpaired) electrons. The van der Waals surface area contributed by atoms with Crippen molar-refractivity contribution < 1.29 is 9.50 Å². The van der Waals surface area contributed by atoms with Crippen molar-refractivity contribution in [1.29, 1.82) is 0 Å². The molecule has 0 aliphatic carbocycles. The first-order valence-corrected chi connectivity index (χ1v) is 5.19. The molecule has 0 aliphatic rings. The van der Waals surface area contributed by atoms with Gasteiger partial charge < -0.3 is 10.4 Å². The monoisotopic (exact) mass is 233 g/mol. The van der Waals surface area contributed by atoms with Crippen molar-refractivity contribution in [3.63, 3.8) is 0 Å². The van der Waals surface area contributed by atoms with Crippen LogP contribution >= 0.6 is 0 Å². The molecule has 2 aromatic rings. The fraction of sp³-hybridized carbons (Fsp3) is 0.167. The van der Waals surface area contributed by atoms with Crippen LogP contribution in [0.5, 0.6) is 0 Å². The van der Waals surface area contributed by atoms with Gasteiger partial charge in [-0.25, -0.2) is 14.4 Å². The number of rotatable bonds is 4. The van der Waals surface area contributed by atoms with Gasteiger partial charge in [-0.3, -0.25) is 0 Å². The molecule has 0 spiro atoms. The highest BCUT2D eigenvalue weighted by Gasteiger charge is 2.01. The highest BCUT2D eigenvalue weighted by molar-refractivity contribution is 5.34. The lowest BCUT2D eigenvalue weighted by atomic mass is 10.2. The van der Waals surface area contributed by atoms with E-state index in [9.17, 15) is 4.39 Å². The zero-order chi connectivity index (χ0) is 12.1. The van der Waals surface area contributed by atoms with E-state index in [1.165, 1.54) is 6.07 Å². The maximum Gasteiger partial charge on any atom is 0.156 e. The lowest BCUT2D eigenvalue weighted by Crippen LogP contribution is -2.05. The molecule has 1 heterocycles. The Hall–Kier alpha value is -2.01. The van der Waals surface area contributed by atoms with Gasteiger partial charge in [-0.15, -0.1) is 0 Å². The summed E-state index contributed by atoms with van der Waals surface area (Å²) < 4.78 is 13.3. The number of anilines is 1. The Bertz CT molecular complexity index is 505. The van der Waals surface area contributed by atoms with Gasteiger partial charge in [0.1, 0.15) is 18.2 Å². The summed E-state index contributed by atoms with van der Waals surface area (Å²) in [6, 6.07) is 8.21. The van der Waals surface area contributed by atoms with Crippen molar-refractivity contribution in [1.82, 2.24) is 9.97 Å². The van der Waals surface area contributed by atoms with Crippen molar-refractivity contribution in [2.24, 2.45) is 0 Å². The molecule has 2 rings (SSSR count). The number of halogens is 1. The summed E-state index contributed by atoms with van der Waals surface area (Å²) in [5, 5.41) is 11.9. The van der Waals surface area contributed by atoms with Crippen molar-refractivity contribution >= 4 is 5.82 Å². The van der Waals surface area contributed by atoms with Crippen LogP contribution in [0.1, 0.15) is 11.4 Å². The molecule has 0 fully saturated rings. The molecule has 0 unspecified atom stereocenters. The minimum atomic E-state index is -0.253. The third-order valence-corrected chi connectivity index (χ3v) is 2.26. The first-order chi connectivity index (χ1) is 8.29. The second kappa shape index (κ2) is 5.36. The van der Waals surface area contributed by atoms with Gasteiger partial charge in [0.25, 0.3) is 0 Å². The van der Waals surface area contributed by atoms with Crippen LogP contribution in [0, 0.1) is 5.82 Å². The zero-order valence-electron chi connectivity index (χ0n) is 9.10. The summed E-state index contributed by atoms with van der Waals surface area (Å²) in [4.78, 5) is 7.90. The van der Waals surface area contributed by atoms with E-state index in [-0.39, 0.29) is 12.4 Å². The maximum atomic E-state index is 13.3. The Kier molecular flexibility index (Phi) is 3.62. The summed E-state index contributed by atoms with van der Waals surface area (Å²) in [7, 11) is 0. The van der Waals surface area contributed by atoms with Gasteiger partial charge in [-0.2, -0.15) is 0 Å². The summed E-state index contributed by atoms with van der Waals surface area (Å²) in [5.74, 6) is 0.646. The summed E-state index contributed by atoms with van der Waals surface area (Å²) in [6.07, 6.45) is 1.54. The Labute approximate surface area is 98.2 Å². The van der Waals surface area contributed by atoms with E-state index in [1.54, 1.807) is 30.5 Å². The van der Waals surface area contributed by atoms with E-state index in [4.69, 9.17) is 5.11 Å². The molecular formula is C12H12FN3O. The van der Waals surface area contributed by atoms with Gasteiger partial charge in [0.2, 0.25) is 0 Å². The molecule has 2 N–H and O–H groups in total. The van der Waals surface area contributed by atoms with Gasteiger partial charge in [-0.05, 0) is 12.1 Å². The SMILES string of the molecule is OCc1nccc(NCc2ccccc2F)n1. The number of aliphatic hydroxyl groups is 1. The minimum absolute atomic E-state index is 0.213. The van der Waals surface area contributed by atoms with Crippen molar-refractivity contribution in [2.45, 2.75) is 13.2 Å². The number of aromatic nitrogens is 2. The van der Waals surface area contributed by atoms with Crippen LogP contribution in [-0.4, -0.2) is 15.1 Å². The van der Waals surface area contributed by atoms with E-state index in [2.05, 4.69) is 15.3 Å². The normalized spacial score (nSPS) is 10.2. The molecule has 4 nitrogen and oxygen atoms in total.